The average molecular weight is 182 g/mol. The predicted octanol–water partition coefficient (Wildman–Crippen LogP) is 0.372. The lowest BCUT2D eigenvalue weighted by atomic mass is 9.86. The first-order chi connectivity index (χ1) is 6.23. The Labute approximate surface area is 75.5 Å². The zero-order valence-electron chi connectivity index (χ0n) is 7.06. The van der Waals surface area contributed by atoms with Crippen LogP contribution in [0.25, 0.3) is 0 Å². The topological polar surface area (TPSA) is 44.8 Å². The van der Waals surface area contributed by atoms with Crippen LogP contribution in [0.4, 0.5) is 0 Å². The summed E-state index contributed by atoms with van der Waals surface area (Å²) in [5.41, 5.74) is 0. The summed E-state index contributed by atoms with van der Waals surface area (Å²) in [6.07, 6.45) is 2.96. The van der Waals surface area contributed by atoms with E-state index >= 15 is 0 Å². The molecule has 0 aromatic rings. The summed E-state index contributed by atoms with van der Waals surface area (Å²) in [6, 6.07) is 0. The molecule has 4 aliphatic heterocycles. The summed E-state index contributed by atoms with van der Waals surface area (Å²) in [5, 5.41) is 0. The molecule has 4 unspecified atom stereocenters. The standard InChI is InChI=1S/C9H10O4/c1-2-8(10)11-7-3-5-6-4-9(7,12-5)13-6/h2,5-7H,1,3-4H2. The summed E-state index contributed by atoms with van der Waals surface area (Å²) < 4.78 is 16.1. The first-order valence-electron chi connectivity index (χ1n) is 4.42. The Bertz CT molecular complexity index is 279. The molecule has 0 aromatic heterocycles. The Hall–Kier alpha value is -0.870. The van der Waals surface area contributed by atoms with Crippen molar-refractivity contribution >= 4 is 5.97 Å². The molecule has 4 atom stereocenters. The summed E-state index contributed by atoms with van der Waals surface area (Å²) >= 11 is 0. The number of hydrogen-bond donors (Lipinski definition) is 0. The number of ether oxygens (including phenoxy) is 3. The zero-order chi connectivity index (χ0) is 9.05. The highest BCUT2D eigenvalue weighted by atomic mass is 16.8. The van der Waals surface area contributed by atoms with E-state index in [1.165, 1.54) is 6.08 Å². The molecule has 1 spiro atoms. The highest BCUT2D eigenvalue weighted by Gasteiger charge is 2.70. The Morgan fingerprint density at radius 1 is 1.54 bits per heavy atom. The molecular formula is C9H10O4. The minimum Gasteiger partial charge on any atom is -0.453 e. The molecule has 4 fully saturated rings. The molecule has 0 saturated carbocycles. The van der Waals surface area contributed by atoms with Gasteiger partial charge in [-0.3, -0.25) is 0 Å². The summed E-state index contributed by atoms with van der Waals surface area (Å²) in [4.78, 5) is 11.0. The number of rotatable bonds is 2. The molecule has 0 aromatic carbocycles. The monoisotopic (exact) mass is 182 g/mol. The van der Waals surface area contributed by atoms with Crippen molar-refractivity contribution in [2.24, 2.45) is 0 Å². The van der Waals surface area contributed by atoms with Crippen molar-refractivity contribution in [2.45, 2.75) is 36.9 Å². The van der Waals surface area contributed by atoms with Crippen LogP contribution in [0.3, 0.4) is 0 Å². The lowest BCUT2D eigenvalue weighted by Gasteiger charge is -2.42. The number of carbonyl (C=O) groups excluding carboxylic acids is 1. The van der Waals surface area contributed by atoms with Gasteiger partial charge in [0.2, 0.25) is 5.79 Å². The van der Waals surface area contributed by atoms with Crippen molar-refractivity contribution < 1.29 is 19.0 Å². The van der Waals surface area contributed by atoms with E-state index in [1.54, 1.807) is 0 Å². The van der Waals surface area contributed by atoms with Crippen LogP contribution in [0.2, 0.25) is 0 Å². The van der Waals surface area contributed by atoms with E-state index in [9.17, 15) is 4.79 Å². The third kappa shape index (κ3) is 0.796. The van der Waals surface area contributed by atoms with Crippen molar-refractivity contribution in [3.63, 3.8) is 0 Å². The van der Waals surface area contributed by atoms with Crippen molar-refractivity contribution in [3.05, 3.63) is 12.7 Å². The van der Waals surface area contributed by atoms with Crippen molar-refractivity contribution in [1.82, 2.24) is 0 Å². The van der Waals surface area contributed by atoms with E-state index in [-0.39, 0.29) is 18.3 Å². The molecule has 0 N–H and O–H groups in total. The Morgan fingerprint density at radius 2 is 2.23 bits per heavy atom. The van der Waals surface area contributed by atoms with Crippen LogP contribution < -0.4 is 0 Å². The fraction of sp³-hybridized carbons (Fsp3) is 0.667. The van der Waals surface area contributed by atoms with Crippen LogP contribution in [-0.2, 0) is 19.0 Å². The van der Waals surface area contributed by atoms with Crippen LogP contribution in [0.15, 0.2) is 12.7 Å². The van der Waals surface area contributed by atoms with Gasteiger partial charge in [-0.25, -0.2) is 4.79 Å². The third-order valence-electron chi connectivity index (χ3n) is 2.96. The fourth-order valence-corrected chi connectivity index (χ4v) is 2.34. The molecule has 4 rings (SSSR count). The molecule has 0 aliphatic carbocycles. The molecule has 4 aliphatic rings. The highest BCUT2D eigenvalue weighted by Crippen LogP contribution is 2.56. The maximum atomic E-state index is 11.0. The predicted molar refractivity (Wildman–Crippen MR) is 41.8 cm³/mol. The first-order valence-corrected chi connectivity index (χ1v) is 4.42. The first kappa shape index (κ1) is 7.53. The maximum absolute atomic E-state index is 11.0. The molecule has 0 amide bonds. The van der Waals surface area contributed by atoms with Crippen molar-refractivity contribution in [2.75, 3.05) is 0 Å². The second kappa shape index (κ2) is 2.13. The molecule has 4 heterocycles. The number of hydrogen-bond acceptors (Lipinski definition) is 4. The minimum atomic E-state index is -0.589. The van der Waals surface area contributed by atoms with Crippen LogP contribution >= 0.6 is 0 Å². The fourth-order valence-electron chi connectivity index (χ4n) is 2.34. The molecule has 70 valence electrons. The second-order valence-corrected chi connectivity index (χ2v) is 3.69. The van der Waals surface area contributed by atoms with Crippen molar-refractivity contribution in [3.8, 4) is 0 Å². The smallest absolute Gasteiger partial charge is 0.330 e. The number of esters is 1. The lowest BCUT2D eigenvalue weighted by molar-refractivity contribution is -0.284. The summed E-state index contributed by atoms with van der Waals surface area (Å²) in [5.74, 6) is -0.990. The van der Waals surface area contributed by atoms with Gasteiger partial charge in [0.1, 0.15) is 0 Å². The summed E-state index contributed by atoms with van der Waals surface area (Å²) in [6.45, 7) is 3.34. The highest BCUT2D eigenvalue weighted by molar-refractivity contribution is 5.81. The van der Waals surface area contributed by atoms with E-state index < -0.39 is 11.8 Å². The van der Waals surface area contributed by atoms with E-state index in [2.05, 4.69) is 6.58 Å². The van der Waals surface area contributed by atoms with Gasteiger partial charge in [-0.2, -0.15) is 0 Å². The van der Waals surface area contributed by atoms with E-state index in [0.717, 1.165) is 12.8 Å². The van der Waals surface area contributed by atoms with Crippen LogP contribution in [0.5, 0.6) is 0 Å². The van der Waals surface area contributed by atoms with E-state index in [0.29, 0.717) is 0 Å². The lowest BCUT2D eigenvalue weighted by Crippen LogP contribution is -2.56. The van der Waals surface area contributed by atoms with Gasteiger partial charge in [0.25, 0.3) is 0 Å². The van der Waals surface area contributed by atoms with Crippen LogP contribution in [0, 0.1) is 0 Å². The molecule has 4 nitrogen and oxygen atoms in total. The summed E-state index contributed by atoms with van der Waals surface area (Å²) in [7, 11) is 0. The third-order valence-corrected chi connectivity index (χ3v) is 2.96. The Kier molecular flexibility index (Phi) is 1.24. The molecular weight excluding hydrogens is 172 g/mol. The van der Waals surface area contributed by atoms with Gasteiger partial charge in [0, 0.05) is 18.9 Å². The van der Waals surface area contributed by atoms with Gasteiger partial charge in [-0.05, 0) is 0 Å². The normalized spacial score (nSPS) is 50.0. The molecule has 4 saturated heterocycles. The van der Waals surface area contributed by atoms with E-state index in [1.807, 2.05) is 0 Å². The largest absolute Gasteiger partial charge is 0.453 e. The van der Waals surface area contributed by atoms with Gasteiger partial charge in [0.05, 0.1) is 12.2 Å². The van der Waals surface area contributed by atoms with E-state index in [4.69, 9.17) is 14.2 Å². The second-order valence-electron chi connectivity index (χ2n) is 3.69. The van der Waals surface area contributed by atoms with Gasteiger partial charge < -0.3 is 14.2 Å². The van der Waals surface area contributed by atoms with Gasteiger partial charge >= 0.3 is 5.97 Å². The van der Waals surface area contributed by atoms with Gasteiger partial charge in [-0.15, -0.1) is 0 Å². The minimum absolute atomic E-state index is 0.141. The van der Waals surface area contributed by atoms with Crippen LogP contribution in [-0.4, -0.2) is 30.1 Å². The van der Waals surface area contributed by atoms with Gasteiger partial charge in [-0.1, -0.05) is 6.58 Å². The Morgan fingerprint density at radius 3 is 2.69 bits per heavy atom. The SMILES string of the molecule is C=CC(=O)OC1CC2OC13CC2O3. The van der Waals surface area contributed by atoms with Gasteiger partial charge in [0.15, 0.2) is 6.10 Å². The average Bonchev–Trinajstić information content (AvgIpc) is 2.65. The molecule has 13 heavy (non-hydrogen) atoms. The Balaban J connectivity index is 1.74. The number of carbonyl (C=O) groups is 1. The molecule has 4 heteroatoms. The zero-order valence-corrected chi connectivity index (χ0v) is 7.06. The quantitative estimate of drug-likeness (QED) is 0.457. The van der Waals surface area contributed by atoms with Crippen LogP contribution in [0.1, 0.15) is 12.8 Å². The molecule has 3 bridgehead atoms. The van der Waals surface area contributed by atoms with Crippen molar-refractivity contribution in [1.29, 1.82) is 0 Å². The molecule has 0 radical (unpaired) electrons. The maximum Gasteiger partial charge on any atom is 0.330 e.